The molecule has 5 heteroatoms. The minimum absolute atomic E-state index is 0.137. The van der Waals surface area contributed by atoms with E-state index in [1.807, 2.05) is 18.7 Å². The first-order valence-corrected chi connectivity index (χ1v) is 5.65. The van der Waals surface area contributed by atoms with Gasteiger partial charge < -0.3 is 9.88 Å². The van der Waals surface area contributed by atoms with Crippen molar-refractivity contribution < 1.29 is 0 Å². The van der Waals surface area contributed by atoms with Crippen LogP contribution < -0.4 is 10.5 Å². The smallest absolute Gasteiger partial charge is 0.290 e. The van der Waals surface area contributed by atoms with Gasteiger partial charge in [0.15, 0.2) is 5.82 Å². The van der Waals surface area contributed by atoms with Gasteiger partial charge in [0.2, 0.25) is 0 Å². The second-order valence-corrected chi connectivity index (χ2v) is 4.01. The maximum atomic E-state index is 11.5. The van der Waals surface area contributed by atoms with Crippen LogP contribution in [0.1, 0.15) is 13.8 Å². The first-order chi connectivity index (χ1) is 6.66. The lowest BCUT2D eigenvalue weighted by Crippen LogP contribution is -2.37. The van der Waals surface area contributed by atoms with Gasteiger partial charge in [0.25, 0.3) is 5.56 Å². The predicted octanol–water partition coefficient (Wildman–Crippen LogP) is 1.38. The van der Waals surface area contributed by atoms with Gasteiger partial charge in [-0.25, -0.2) is 4.98 Å². The highest BCUT2D eigenvalue weighted by molar-refractivity contribution is 9.09. The van der Waals surface area contributed by atoms with Crippen molar-refractivity contribution in [3.63, 3.8) is 0 Å². The largest absolute Gasteiger partial charge is 0.349 e. The number of aromatic nitrogens is 2. The van der Waals surface area contributed by atoms with Crippen LogP contribution in [-0.2, 0) is 0 Å². The zero-order valence-electron chi connectivity index (χ0n) is 8.33. The number of nitrogens with one attached hydrogen (secondary N) is 1. The Balaban J connectivity index is 2.99. The highest BCUT2D eigenvalue weighted by Gasteiger charge is 2.13. The van der Waals surface area contributed by atoms with Crippen molar-refractivity contribution >= 4 is 21.7 Å². The molecule has 0 aliphatic rings. The first-order valence-electron chi connectivity index (χ1n) is 4.53. The summed E-state index contributed by atoms with van der Waals surface area (Å²) in [5, 5.41) is 0.821. The number of halogens is 1. The third-order valence-corrected chi connectivity index (χ3v) is 2.26. The highest BCUT2D eigenvalue weighted by Crippen LogP contribution is 2.07. The Hall–Kier alpha value is -0.840. The molecule has 0 amide bonds. The van der Waals surface area contributed by atoms with Gasteiger partial charge in [0, 0.05) is 30.3 Å². The van der Waals surface area contributed by atoms with Gasteiger partial charge in [-0.2, -0.15) is 0 Å². The Bertz CT molecular complexity index is 337. The van der Waals surface area contributed by atoms with Crippen molar-refractivity contribution in [1.29, 1.82) is 0 Å². The van der Waals surface area contributed by atoms with Crippen LogP contribution in [0, 0.1) is 0 Å². The summed E-state index contributed by atoms with van der Waals surface area (Å²) >= 11 is 3.36. The van der Waals surface area contributed by atoms with Crippen LogP contribution in [0.15, 0.2) is 17.2 Å². The second kappa shape index (κ2) is 5.14. The van der Waals surface area contributed by atoms with E-state index < -0.39 is 0 Å². The first kappa shape index (κ1) is 11.2. The van der Waals surface area contributed by atoms with Gasteiger partial charge in [-0.1, -0.05) is 15.9 Å². The average molecular weight is 260 g/mol. The van der Waals surface area contributed by atoms with E-state index in [0.29, 0.717) is 5.82 Å². The zero-order chi connectivity index (χ0) is 10.6. The maximum Gasteiger partial charge on any atom is 0.290 e. The lowest BCUT2D eigenvalue weighted by atomic mass is 10.3. The second-order valence-electron chi connectivity index (χ2n) is 3.22. The van der Waals surface area contributed by atoms with Crippen LogP contribution in [0.4, 0.5) is 5.82 Å². The number of hydrogen-bond donors (Lipinski definition) is 1. The molecule has 0 aliphatic heterocycles. The minimum Gasteiger partial charge on any atom is -0.349 e. The fourth-order valence-electron chi connectivity index (χ4n) is 1.25. The third kappa shape index (κ3) is 2.57. The van der Waals surface area contributed by atoms with E-state index in [2.05, 4.69) is 25.9 Å². The number of H-pyrrole nitrogens is 1. The van der Waals surface area contributed by atoms with E-state index >= 15 is 0 Å². The molecular formula is C9H14BrN3O. The Morgan fingerprint density at radius 1 is 1.64 bits per heavy atom. The summed E-state index contributed by atoms with van der Waals surface area (Å²) in [5.41, 5.74) is -0.137. The van der Waals surface area contributed by atoms with Crippen molar-refractivity contribution in [1.82, 2.24) is 9.97 Å². The van der Waals surface area contributed by atoms with Crippen LogP contribution in [-0.4, -0.2) is 27.9 Å². The van der Waals surface area contributed by atoms with Gasteiger partial charge in [0.05, 0.1) is 0 Å². The third-order valence-electron chi connectivity index (χ3n) is 1.91. The number of aromatic amines is 1. The van der Waals surface area contributed by atoms with Crippen LogP contribution in [0.25, 0.3) is 0 Å². The molecule has 1 aromatic heterocycles. The van der Waals surface area contributed by atoms with E-state index in [4.69, 9.17) is 0 Å². The molecule has 4 nitrogen and oxygen atoms in total. The molecule has 1 N–H and O–H groups in total. The fraction of sp³-hybridized carbons (Fsp3) is 0.556. The Morgan fingerprint density at radius 2 is 2.36 bits per heavy atom. The van der Waals surface area contributed by atoms with E-state index in [9.17, 15) is 4.79 Å². The lowest BCUT2D eigenvalue weighted by Gasteiger charge is -2.25. The van der Waals surface area contributed by atoms with E-state index in [-0.39, 0.29) is 11.6 Å². The molecule has 1 rings (SSSR count). The summed E-state index contributed by atoms with van der Waals surface area (Å²) in [5.74, 6) is 0.488. The molecule has 0 bridgehead atoms. The predicted molar refractivity (Wildman–Crippen MR) is 61.1 cm³/mol. The van der Waals surface area contributed by atoms with Crippen molar-refractivity contribution in [2.24, 2.45) is 0 Å². The molecule has 14 heavy (non-hydrogen) atoms. The number of anilines is 1. The Kier molecular flexibility index (Phi) is 4.13. The Labute approximate surface area is 91.5 Å². The minimum atomic E-state index is -0.137. The summed E-state index contributed by atoms with van der Waals surface area (Å²) in [4.78, 5) is 20.1. The van der Waals surface area contributed by atoms with Crippen molar-refractivity contribution in [2.75, 3.05) is 16.8 Å². The molecule has 0 radical (unpaired) electrons. The average Bonchev–Trinajstić information content (AvgIpc) is 2.15. The summed E-state index contributed by atoms with van der Waals surface area (Å²) in [7, 11) is 0. The molecule has 0 atom stereocenters. The zero-order valence-corrected chi connectivity index (χ0v) is 9.91. The normalized spacial score (nSPS) is 10.6. The molecule has 1 heterocycles. The van der Waals surface area contributed by atoms with E-state index in [0.717, 1.165) is 11.9 Å². The van der Waals surface area contributed by atoms with Crippen molar-refractivity contribution in [3.8, 4) is 0 Å². The molecule has 0 fully saturated rings. The summed E-state index contributed by atoms with van der Waals surface area (Å²) in [6, 6.07) is 0.267. The van der Waals surface area contributed by atoms with Gasteiger partial charge in [-0.3, -0.25) is 4.79 Å². The van der Waals surface area contributed by atoms with Crippen molar-refractivity contribution in [3.05, 3.63) is 22.7 Å². The molecule has 0 saturated heterocycles. The molecule has 0 spiro atoms. The van der Waals surface area contributed by atoms with E-state index in [1.165, 1.54) is 0 Å². The van der Waals surface area contributed by atoms with Gasteiger partial charge in [-0.05, 0) is 13.8 Å². The molecule has 78 valence electrons. The number of nitrogens with zero attached hydrogens (tertiary/aromatic N) is 2. The van der Waals surface area contributed by atoms with Crippen LogP contribution in [0.3, 0.4) is 0 Å². The maximum absolute atomic E-state index is 11.5. The lowest BCUT2D eigenvalue weighted by molar-refractivity contribution is 0.691. The quantitative estimate of drug-likeness (QED) is 0.832. The molecule has 0 unspecified atom stereocenters. The molecule has 0 saturated carbocycles. The van der Waals surface area contributed by atoms with Crippen molar-refractivity contribution in [2.45, 2.75) is 19.9 Å². The van der Waals surface area contributed by atoms with Crippen LogP contribution in [0.2, 0.25) is 0 Å². The van der Waals surface area contributed by atoms with Gasteiger partial charge in [0.1, 0.15) is 0 Å². The highest BCUT2D eigenvalue weighted by atomic mass is 79.9. The Morgan fingerprint density at radius 3 is 2.86 bits per heavy atom. The summed E-state index contributed by atoms with van der Waals surface area (Å²) in [6.07, 6.45) is 3.14. The van der Waals surface area contributed by atoms with Crippen LogP contribution >= 0.6 is 15.9 Å². The molecule has 1 aromatic rings. The topological polar surface area (TPSA) is 49.0 Å². The number of hydrogen-bond acceptors (Lipinski definition) is 3. The molecule has 0 aliphatic carbocycles. The van der Waals surface area contributed by atoms with Crippen LogP contribution in [0.5, 0.6) is 0 Å². The summed E-state index contributed by atoms with van der Waals surface area (Å²) < 4.78 is 0. The monoisotopic (exact) mass is 259 g/mol. The van der Waals surface area contributed by atoms with E-state index in [1.54, 1.807) is 12.4 Å². The SMILES string of the molecule is CC(C)N(CCBr)c1ncc[nH]c1=O. The molecule has 0 aromatic carbocycles. The standard InChI is InChI=1S/C9H14BrN3O/c1-7(2)13(6-3-10)8-9(14)12-5-4-11-8/h4-5,7H,3,6H2,1-2H3,(H,12,14). The number of rotatable bonds is 4. The number of alkyl halides is 1. The van der Waals surface area contributed by atoms with Gasteiger partial charge in [-0.15, -0.1) is 0 Å². The summed E-state index contributed by atoms with van der Waals surface area (Å²) in [6.45, 7) is 4.85. The molecular weight excluding hydrogens is 246 g/mol. The van der Waals surface area contributed by atoms with Gasteiger partial charge >= 0.3 is 0 Å². The fourth-order valence-corrected chi connectivity index (χ4v) is 1.63.